The highest BCUT2D eigenvalue weighted by molar-refractivity contribution is 6.63. The van der Waals surface area contributed by atoms with E-state index < -0.39 is 25.7 Å². The summed E-state index contributed by atoms with van der Waals surface area (Å²) in [7, 11) is 1.26. The van der Waals surface area contributed by atoms with E-state index in [0.717, 1.165) is 13.9 Å². The van der Waals surface area contributed by atoms with Crippen LogP contribution in [0.25, 0.3) is 0 Å². The lowest BCUT2D eigenvalue weighted by Gasteiger charge is -2.29. The quantitative estimate of drug-likeness (QED) is 0.641. The Morgan fingerprint density at radius 2 is 1.16 bits per heavy atom. The number of hydrogen-bond acceptors (Lipinski definition) is 2. The van der Waals surface area contributed by atoms with Gasteiger partial charge in [-0.2, -0.15) is 9.36 Å². The third-order valence-electron chi connectivity index (χ3n) is 3.33. The van der Waals surface area contributed by atoms with E-state index in [1.165, 1.54) is 7.05 Å². The summed E-state index contributed by atoms with van der Waals surface area (Å²) in [5.74, 6) is 0. The van der Waals surface area contributed by atoms with Crippen LogP contribution in [0.15, 0.2) is 19.7 Å². The Hall–Kier alpha value is 0.220. The predicted octanol–water partition coefficient (Wildman–Crippen LogP) is 2.02. The van der Waals surface area contributed by atoms with Crippen LogP contribution in [0.5, 0.6) is 0 Å². The Labute approximate surface area is 135 Å². The first-order valence-electron chi connectivity index (χ1n) is 4.78. The zero-order valence-electron chi connectivity index (χ0n) is 8.93. The van der Waals surface area contributed by atoms with E-state index in [0.29, 0.717) is 0 Å². The van der Waals surface area contributed by atoms with Crippen LogP contribution >= 0.6 is 69.6 Å². The van der Waals surface area contributed by atoms with Gasteiger partial charge in [0.15, 0.2) is 0 Å². The van der Waals surface area contributed by atoms with E-state index in [1.54, 1.807) is 0 Å². The molecule has 0 amide bonds. The van der Waals surface area contributed by atoms with Crippen LogP contribution in [0.2, 0.25) is 0 Å². The van der Waals surface area contributed by atoms with Gasteiger partial charge in [-0.05, 0) is 0 Å². The molecule has 2 heterocycles. The zero-order valence-corrected chi connectivity index (χ0v) is 13.5. The molecule has 0 aromatic carbocycles. The highest BCUT2D eigenvalue weighted by Gasteiger charge is 2.79. The van der Waals surface area contributed by atoms with Gasteiger partial charge in [0, 0.05) is 7.05 Å². The maximum absolute atomic E-state index is 12.1. The van der Waals surface area contributed by atoms with Crippen molar-refractivity contribution in [2.24, 2.45) is 7.05 Å². The van der Waals surface area contributed by atoms with Crippen LogP contribution in [-0.2, 0) is 17.0 Å². The Morgan fingerprint density at radius 3 is 1.47 bits per heavy atom. The van der Waals surface area contributed by atoms with Crippen LogP contribution in [-0.4, -0.2) is 18.3 Å². The van der Waals surface area contributed by atoms with Crippen LogP contribution in [0.4, 0.5) is 0 Å². The second kappa shape index (κ2) is 3.51. The van der Waals surface area contributed by atoms with E-state index in [9.17, 15) is 9.59 Å². The van der Waals surface area contributed by atoms with Crippen molar-refractivity contribution < 1.29 is 0 Å². The molecule has 1 aliphatic carbocycles. The van der Waals surface area contributed by atoms with E-state index in [-0.39, 0.29) is 10.1 Å². The van der Waals surface area contributed by atoms with E-state index in [2.05, 4.69) is 0 Å². The first-order valence-corrected chi connectivity index (χ1v) is 7.05. The van der Waals surface area contributed by atoms with Crippen molar-refractivity contribution in [2.45, 2.75) is 14.3 Å². The minimum Gasteiger partial charge on any atom is -0.246 e. The summed E-state index contributed by atoms with van der Waals surface area (Å²) >= 11 is 37.0. The molecular formula is C8H3Cl6N3O2. The van der Waals surface area contributed by atoms with Crippen molar-refractivity contribution in [1.29, 1.82) is 0 Å². The fourth-order valence-corrected chi connectivity index (χ4v) is 4.83. The second-order valence-corrected chi connectivity index (χ2v) is 7.37. The van der Waals surface area contributed by atoms with Gasteiger partial charge >= 0.3 is 11.4 Å². The van der Waals surface area contributed by atoms with Gasteiger partial charge in [0.05, 0.1) is 10.1 Å². The van der Waals surface area contributed by atoms with Crippen LogP contribution < -0.4 is 11.4 Å². The molecule has 2 atom stereocenters. The van der Waals surface area contributed by atoms with Gasteiger partial charge in [0.1, 0.15) is 0 Å². The number of fused-ring (bicyclic) bond motifs is 5. The first kappa shape index (κ1) is 14.2. The molecule has 3 rings (SSSR count). The molecule has 11 heteroatoms. The minimum absolute atomic E-state index is 0.191. The number of aromatic nitrogens is 3. The number of hydrogen-bond donors (Lipinski definition) is 0. The Bertz CT molecular complexity index is 713. The smallest absolute Gasteiger partial charge is 0.246 e. The van der Waals surface area contributed by atoms with Crippen molar-refractivity contribution in [1.82, 2.24) is 13.9 Å². The number of alkyl halides is 4. The Kier molecular flexibility index (Phi) is 2.62. The summed E-state index contributed by atoms with van der Waals surface area (Å²) in [5.41, 5.74) is -1.51. The number of rotatable bonds is 0. The molecule has 2 bridgehead atoms. The van der Waals surface area contributed by atoms with Crippen LogP contribution in [0.3, 0.4) is 0 Å². The lowest BCUT2D eigenvalue weighted by atomic mass is 10.2. The average Bonchev–Trinajstić information content (AvgIpc) is 2.69. The molecule has 104 valence electrons. The molecule has 0 saturated heterocycles. The lowest BCUT2D eigenvalue weighted by Crippen LogP contribution is -2.47. The highest BCUT2D eigenvalue weighted by Crippen LogP contribution is 2.71. The summed E-state index contributed by atoms with van der Waals surface area (Å²) in [5, 5.41) is -0.382. The predicted molar refractivity (Wildman–Crippen MR) is 74.8 cm³/mol. The van der Waals surface area contributed by atoms with Gasteiger partial charge in [-0.25, -0.2) is 14.2 Å². The van der Waals surface area contributed by atoms with Gasteiger partial charge in [0.2, 0.25) is 14.3 Å². The fraction of sp³-hybridized carbons (Fsp3) is 0.500. The molecular weight excluding hydrogens is 383 g/mol. The van der Waals surface area contributed by atoms with Crippen molar-refractivity contribution in [3.63, 3.8) is 0 Å². The molecule has 0 spiro atoms. The fourth-order valence-electron chi connectivity index (χ4n) is 2.31. The maximum Gasteiger partial charge on any atom is 0.349 e. The summed E-state index contributed by atoms with van der Waals surface area (Å²) in [6, 6.07) is 0. The molecule has 1 aromatic rings. The first-order chi connectivity index (χ1) is 8.54. The molecule has 1 aromatic heterocycles. The topological polar surface area (TPSA) is 48.9 Å². The standard InChI is InChI=1S/C8H3Cl6N3O2/c1-15-4(18)16-6(11)2(9)3(10)7(12,8(6,13)14)17(16)5(15)19/h1H3/t6-,7-/m0/s1. The van der Waals surface area contributed by atoms with Gasteiger partial charge in [0.25, 0.3) is 0 Å². The second-order valence-electron chi connectivity index (χ2n) is 4.19. The molecule has 19 heavy (non-hydrogen) atoms. The molecule has 1 aliphatic heterocycles. The van der Waals surface area contributed by atoms with E-state index in [1.807, 2.05) is 0 Å². The number of nitrogens with zero attached hydrogens (tertiary/aromatic N) is 3. The lowest BCUT2D eigenvalue weighted by molar-refractivity contribution is 0.447. The van der Waals surface area contributed by atoms with Crippen molar-refractivity contribution in [2.75, 3.05) is 0 Å². The Morgan fingerprint density at radius 1 is 0.842 bits per heavy atom. The molecule has 0 fully saturated rings. The molecule has 0 radical (unpaired) electrons. The molecule has 5 nitrogen and oxygen atoms in total. The van der Waals surface area contributed by atoms with Crippen LogP contribution in [0, 0.1) is 0 Å². The Balaban J connectivity index is 2.62. The summed E-state index contributed by atoms with van der Waals surface area (Å²) in [6.45, 7) is 0. The van der Waals surface area contributed by atoms with E-state index in [4.69, 9.17) is 69.6 Å². The highest BCUT2D eigenvalue weighted by atomic mass is 35.5. The van der Waals surface area contributed by atoms with Crippen molar-refractivity contribution in [3.05, 3.63) is 31.0 Å². The zero-order chi connectivity index (χ0) is 14.5. The van der Waals surface area contributed by atoms with Crippen molar-refractivity contribution >= 4 is 69.6 Å². The summed E-state index contributed by atoms with van der Waals surface area (Å²) in [6.07, 6.45) is 0. The molecule has 0 unspecified atom stereocenters. The molecule has 0 saturated carbocycles. The normalized spacial score (nSPS) is 35.1. The molecule has 2 aliphatic rings. The third-order valence-corrected chi connectivity index (χ3v) is 7.29. The van der Waals surface area contributed by atoms with Gasteiger partial charge in [-0.3, -0.25) is 0 Å². The van der Waals surface area contributed by atoms with E-state index >= 15 is 0 Å². The SMILES string of the molecule is Cn1c(=O)n2n(c1=O)[C@@]1(Cl)C(Cl)=C(Cl)[C@@]2(Cl)C1(Cl)Cl. The third kappa shape index (κ3) is 1.09. The van der Waals surface area contributed by atoms with Gasteiger partial charge in [-0.1, -0.05) is 69.6 Å². The summed E-state index contributed by atoms with van der Waals surface area (Å²) < 4.78 is 0.441. The number of halogens is 6. The molecule has 0 N–H and O–H groups in total. The monoisotopic (exact) mass is 383 g/mol. The number of allylic oxidation sites excluding steroid dienone is 2. The minimum atomic E-state index is -2.00. The largest absolute Gasteiger partial charge is 0.349 e. The average molecular weight is 386 g/mol. The van der Waals surface area contributed by atoms with Crippen molar-refractivity contribution in [3.8, 4) is 0 Å². The van der Waals surface area contributed by atoms with Gasteiger partial charge < -0.3 is 0 Å². The van der Waals surface area contributed by atoms with Crippen LogP contribution in [0.1, 0.15) is 0 Å². The maximum atomic E-state index is 12.1. The summed E-state index contributed by atoms with van der Waals surface area (Å²) in [4.78, 5) is 20.3. The van der Waals surface area contributed by atoms with Gasteiger partial charge in [-0.15, -0.1) is 0 Å².